The van der Waals surface area contributed by atoms with Crippen LogP contribution in [0.4, 0.5) is 0 Å². The van der Waals surface area contributed by atoms with Crippen LogP contribution in [0.25, 0.3) is 0 Å². The number of Topliss-reactive ketones (excluding diaryl/α,β-unsaturated/α-hetero) is 1. The van der Waals surface area contributed by atoms with E-state index >= 15 is 0 Å². The summed E-state index contributed by atoms with van der Waals surface area (Å²) < 4.78 is 0. The number of aliphatic carboxylic acids is 1. The molecule has 0 aliphatic carbocycles. The Hall–Kier alpha value is -2.50. The number of carboxylic acid groups (broad SMARTS) is 1. The Bertz CT molecular complexity index is 605. The molecule has 1 aromatic rings. The van der Waals surface area contributed by atoms with Gasteiger partial charge in [-0.25, -0.2) is 0 Å². The second-order valence-corrected chi connectivity index (χ2v) is 4.37. The molecule has 19 heavy (non-hydrogen) atoms. The third kappa shape index (κ3) is 2.37. The number of imide groups is 1. The molecule has 0 saturated carbocycles. The van der Waals surface area contributed by atoms with Gasteiger partial charge in [-0.2, -0.15) is 0 Å². The summed E-state index contributed by atoms with van der Waals surface area (Å²) in [5, 5.41) is 10.9. The number of carbonyl (C=O) groups excluding carboxylic acids is 3. The second-order valence-electron chi connectivity index (χ2n) is 4.37. The van der Waals surface area contributed by atoms with Crippen LogP contribution in [0.3, 0.4) is 0 Å². The largest absolute Gasteiger partial charge is 0.481 e. The van der Waals surface area contributed by atoms with E-state index in [1.165, 1.54) is 19.1 Å². The molecule has 0 bridgehead atoms. The quantitative estimate of drug-likeness (QED) is 0.603. The van der Waals surface area contributed by atoms with Gasteiger partial charge < -0.3 is 5.11 Å². The van der Waals surface area contributed by atoms with Crippen LogP contribution in [0, 0.1) is 5.92 Å². The average molecular weight is 261 g/mol. The van der Waals surface area contributed by atoms with E-state index in [9.17, 15) is 19.2 Å². The average Bonchev–Trinajstić information content (AvgIpc) is 2.63. The highest BCUT2D eigenvalue weighted by molar-refractivity contribution is 6.21. The molecule has 1 aliphatic heterocycles. The molecule has 0 radical (unpaired) electrons. The van der Waals surface area contributed by atoms with Gasteiger partial charge in [0.15, 0.2) is 5.78 Å². The van der Waals surface area contributed by atoms with Crippen molar-refractivity contribution in [2.24, 2.45) is 5.92 Å². The number of fused-ring (bicyclic) bond motifs is 1. The lowest BCUT2D eigenvalue weighted by atomic mass is 9.97. The lowest BCUT2D eigenvalue weighted by Gasteiger charge is -2.06. The monoisotopic (exact) mass is 261 g/mol. The lowest BCUT2D eigenvalue weighted by Crippen LogP contribution is -2.22. The van der Waals surface area contributed by atoms with E-state index in [1.54, 1.807) is 6.07 Å². The number of rotatable bonds is 4. The Morgan fingerprint density at radius 3 is 2.47 bits per heavy atom. The van der Waals surface area contributed by atoms with Crippen molar-refractivity contribution < 1.29 is 24.3 Å². The standard InChI is InChI=1S/C13H11NO5/c1-6(13(18)19)10(15)5-7-2-3-8-9(4-7)12(17)14-11(8)16/h2-4,6H,5H2,1H3,(H,18,19)(H,14,16,17). The SMILES string of the molecule is CC(C(=O)O)C(=O)Cc1ccc2c(c1)C(=O)NC2=O. The van der Waals surface area contributed by atoms with E-state index in [2.05, 4.69) is 5.32 Å². The molecular weight excluding hydrogens is 250 g/mol. The number of ketones is 1. The molecule has 1 heterocycles. The molecule has 0 spiro atoms. The Labute approximate surface area is 108 Å². The first kappa shape index (κ1) is 12.9. The minimum absolute atomic E-state index is 0.0811. The predicted molar refractivity (Wildman–Crippen MR) is 63.7 cm³/mol. The zero-order chi connectivity index (χ0) is 14.2. The molecule has 0 aromatic heterocycles. The summed E-state index contributed by atoms with van der Waals surface area (Å²) in [4.78, 5) is 45.1. The Kier molecular flexibility index (Phi) is 3.16. The van der Waals surface area contributed by atoms with Gasteiger partial charge in [-0.1, -0.05) is 6.07 Å². The first-order valence-corrected chi connectivity index (χ1v) is 5.64. The number of hydrogen-bond acceptors (Lipinski definition) is 4. The van der Waals surface area contributed by atoms with Crippen LogP contribution in [0.2, 0.25) is 0 Å². The van der Waals surface area contributed by atoms with Crippen molar-refractivity contribution in [2.75, 3.05) is 0 Å². The Morgan fingerprint density at radius 2 is 1.84 bits per heavy atom. The smallest absolute Gasteiger partial charge is 0.313 e. The van der Waals surface area contributed by atoms with Crippen molar-refractivity contribution in [3.8, 4) is 0 Å². The fourth-order valence-corrected chi connectivity index (χ4v) is 1.82. The number of carboxylic acids is 1. The summed E-state index contributed by atoms with van der Waals surface area (Å²) in [5.74, 6) is -3.68. The van der Waals surface area contributed by atoms with E-state index in [1.807, 2.05) is 0 Å². The van der Waals surface area contributed by atoms with Crippen LogP contribution in [0.5, 0.6) is 0 Å². The summed E-state index contributed by atoms with van der Waals surface area (Å²) in [5.41, 5.74) is 1.01. The predicted octanol–water partition coefficient (Wildman–Crippen LogP) is 0.402. The number of benzene rings is 1. The van der Waals surface area contributed by atoms with Gasteiger partial charge in [0, 0.05) is 6.42 Å². The van der Waals surface area contributed by atoms with E-state index in [0.717, 1.165) is 0 Å². The molecule has 0 fully saturated rings. The third-order valence-corrected chi connectivity index (χ3v) is 3.03. The van der Waals surface area contributed by atoms with Gasteiger partial charge in [0.25, 0.3) is 11.8 Å². The number of hydrogen-bond donors (Lipinski definition) is 2. The maximum atomic E-state index is 11.7. The van der Waals surface area contributed by atoms with Crippen molar-refractivity contribution in [1.82, 2.24) is 5.32 Å². The first-order chi connectivity index (χ1) is 8.90. The maximum absolute atomic E-state index is 11.7. The molecule has 0 saturated heterocycles. The topological polar surface area (TPSA) is 101 Å². The molecule has 1 aliphatic rings. The summed E-state index contributed by atoms with van der Waals surface area (Å²) in [6.07, 6.45) is -0.0811. The van der Waals surface area contributed by atoms with Gasteiger partial charge in [0.05, 0.1) is 11.1 Å². The summed E-state index contributed by atoms with van der Waals surface area (Å²) in [6, 6.07) is 4.45. The normalized spacial score (nSPS) is 14.8. The van der Waals surface area contributed by atoms with Gasteiger partial charge in [0.1, 0.15) is 5.92 Å². The first-order valence-electron chi connectivity index (χ1n) is 5.64. The van der Waals surface area contributed by atoms with Gasteiger partial charge in [-0.3, -0.25) is 24.5 Å². The molecule has 1 aromatic carbocycles. The molecule has 6 nitrogen and oxygen atoms in total. The van der Waals surface area contributed by atoms with Crippen LogP contribution in [0.1, 0.15) is 33.2 Å². The molecule has 1 atom stereocenters. The van der Waals surface area contributed by atoms with Gasteiger partial charge in [0.2, 0.25) is 0 Å². The van der Waals surface area contributed by atoms with Crippen molar-refractivity contribution in [3.05, 3.63) is 34.9 Å². The number of amides is 2. The van der Waals surface area contributed by atoms with Crippen LogP contribution < -0.4 is 5.32 Å². The summed E-state index contributed by atoms with van der Waals surface area (Å²) in [6.45, 7) is 1.31. The maximum Gasteiger partial charge on any atom is 0.313 e. The minimum Gasteiger partial charge on any atom is -0.481 e. The fraction of sp³-hybridized carbons (Fsp3) is 0.231. The molecule has 2 rings (SSSR count). The molecule has 2 N–H and O–H groups in total. The number of carbonyl (C=O) groups is 4. The molecule has 1 unspecified atom stereocenters. The fourth-order valence-electron chi connectivity index (χ4n) is 1.82. The molecule has 2 amide bonds. The van der Waals surface area contributed by atoms with Gasteiger partial charge in [-0.05, 0) is 24.6 Å². The highest BCUT2D eigenvalue weighted by Gasteiger charge is 2.27. The Morgan fingerprint density at radius 1 is 1.21 bits per heavy atom. The number of nitrogens with one attached hydrogen (secondary N) is 1. The van der Waals surface area contributed by atoms with Gasteiger partial charge in [-0.15, -0.1) is 0 Å². The van der Waals surface area contributed by atoms with E-state index in [4.69, 9.17) is 5.11 Å². The Balaban J connectivity index is 2.22. The van der Waals surface area contributed by atoms with Gasteiger partial charge >= 0.3 is 5.97 Å². The third-order valence-electron chi connectivity index (χ3n) is 3.03. The van der Waals surface area contributed by atoms with Crippen LogP contribution in [0.15, 0.2) is 18.2 Å². The van der Waals surface area contributed by atoms with Crippen LogP contribution >= 0.6 is 0 Å². The van der Waals surface area contributed by atoms with E-state index in [0.29, 0.717) is 5.56 Å². The van der Waals surface area contributed by atoms with Crippen molar-refractivity contribution >= 4 is 23.6 Å². The second kappa shape index (κ2) is 4.64. The lowest BCUT2D eigenvalue weighted by molar-refractivity contribution is -0.145. The molecule has 6 heteroatoms. The van der Waals surface area contributed by atoms with Crippen molar-refractivity contribution in [1.29, 1.82) is 0 Å². The molecular formula is C13H11NO5. The van der Waals surface area contributed by atoms with E-state index in [-0.39, 0.29) is 17.5 Å². The highest BCUT2D eigenvalue weighted by Crippen LogP contribution is 2.18. The molecule has 98 valence electrons. The zero-order valence-corrected chi connectivity index (χ0v) is 10.1. The van der Waals surface area contributed by atoms with Crippen molar-refractivity contribution in [2.45, 2.75) is 13.3 Å². The van der Waals surface area contributed by atoms with Crippen LogP contribution in [-0.4, -0.2) is 28.7 Å². The van der Waals surface area contributed by atoms with Crippen LogP contribution in [-0.2, 0) is 16.0 Å². The van der Waals surface area contributed by atoms with E-state index < -0.39 is 29.5 Å². The minimum atomic E-state index is -1.18. The zero-order valence-electron chi connectivity index (χ0n) is 10.1. The van der Waals surface area contributed by atoms with Crippen molar-refractivity contribution in [3.63, 3.8) is 0 Å². The highest BCUT2D eigenvalue weighted by atomic mass is 16.4. The summed E-state index contributed by atoms with van der Waals surface area (Å²) >= 11 is 0. The summed E-state index contributed by atoms with van der Waals surface area (Å²) in [7, 11) is 0.